The van der Waals surface area contributed by atoms with Gasteiger partial charge in [0, 0.05) is 50.6 Å². The largest absolute Gasteiger partial charge is 0.381 e. The summed E-state index contributed by atoms with van der Waals surface area (Å²) in [6.07, 6.45) is 3.37. The predicted molar refractivity (Wildman–Crippen MR) is 98.5 cm³/mol. The minimum absolute atomic E-state index is 0.255. The molecule has 0 amide bonds. The van der Waals surface area contributed by atoms with Crippen molar-refractivity contribution in [1.29, 1.82) is 0 Å². The molecule has 2 aliphatic heterocycles. The van der Waals surface area contributed by atoms with Gasteiger partial charge < -0.3 is 19.7 Å². The van der Waals surface area contributed by atoms with E-state index in [9.17, 15) is 0 Å². The first kappa shape index (κ1) is 18.9. The molecule has 0 spiro atoms. The number of hydrogen-bond acceptors (Lipinski definition) is 4. The van der Waals surface area contributed by atoms with E-state index in [0.717, 1.165) is 77.0 Å². The van der Waals surface area contributed by atoms with E-state index in [1.165, 1.54) is 0 Å². The second kappa shape index (κ2) is 9.74. The molecule has 5 nitrogen and oxygen atoms in total. The molecule has 0 aromatic rings. The average Bonchev–Trinajstić information content (AvgIpc) is 3.05. The number of rotatable bonds is 7. The second-order valence-electron chi connectivity index (χ2n) is 6.51. The highest BCUT2D eigenvalue weighted by atomic mass is 32.2. The molecule has 1 N–H and O–H groups in total. The van der Waals surface area contributed by atoms with Gasteiger partial charge in [-0.3, -0.25) is 4.99 Å². The zero-order valence-electron chi connectivity index (χ0n) is 15.0. The number of ether oxygens (including phenoxy) is 2. The van der Waals surface area contributed by atoms with Crippen LogP contribution in [0.1, 0.15) is 33.1 Å². The van der Waals surface area contributed by atoms with Crippen LogP contribution in [0.15, 0.2) is 4.99 Å². The van der Waals surface area contributed by atoms with Crippen molar-refractivity contribution in [2.24, 2.45) is 10.9 Å². The van der Waals surface area contributed by atoms with Crippen LogP contribution >= 0.6 is 11.8 Å². The molecule has 2 heterocycles. The fraction of sp³-hybridized carbons (Fsp3) is 0.941. The highest BCUT2D eigenvalue weighted by molar-refractivity contribution is 8.00. The highest BCUT2D eigenvalue weighted by Gasteiger charge is 2.32. The quantitative estimate of drug-likeness (QED) is 0.567. The van der Waals surface area contributed by atoms with E-state index in [2.05, 4.69) is 42.9 Å². The highest BCUT2D eigenvalue weighted by Crippen LogP contribution is 2.35. The summed E-state index contributed by atoms with van der Waals surface area (Å²) < 4.78 is 11.3. The summed E-state index contributed by atoms with van der Waals surface area (Å²) in [6, 6.07) is 0. The number of nitrogens with zero attached hydrogens (tertiary/aromatic N) is 2. The number of aliphatic imine (C=N–C) groups is 1. The molecule has 1 unspecified atom stereocenters. The van der Waals surface area contributed by atoms with E-state index in [4.69, 9.17) is 14.5 Å². The molecule has 6 heteroatoms. The topological polar surface area (TPSA) is 46.1 Å². The van der Waals surface area contributed by atoms with Gasteiger partial charge in [-0.1, -0.05) is 6.92 Å². The van der Waals surface area contributed by atoms with Crippen LogP contribution in [0.3, 0.4) is 0 Å². The molecule has 0 aromatic carbocycles. The first-order valence-electron chi connectivity index (χ1n) is 8.98. The van der Waals surface area contributed by atoms with Crippen LogP contribution in [0.5, 0.6) is 0 Å². The maximum Gasteiger partial charge on any atom is 0.193 e. The third kappa shape index (κ3) is 5.84. The Labute approximate surface area is 145 Å². The molecule has 1 atom stereocenters. The molecule has 2 fully saturated rings. The van der Waals surface area contributed by atoms with Crippen molar-refractivity contribution >= 4 is 17.7 Å². The van der Waals surface area contributed by atoms with Gasteiger partial charge in [0.25, 0.3) is 0 Å². The van der Waals surface area contributed by atoms with Crippen LogP contribution in [0.25, 0.3) is 0 Å². The monoisotopic (exact) mass is 343 g/mol. The van der Waals surface area contributed by atoms with Crippen molar-refractivity contribution in [1.82, 2.24) is 10.2 Å². The van der Waals surface area contributed by atoms with Gasteiger partial charge in [-0.15, -0.1) is 0 Å². The van der Waals surface area contributed by atoms with Gasteiger partial charge in [-0.2, -0.15) is 11.8 Å². The second-order valence-corrected chi connectivity index (χ2v) is 8.24. The van der Waals surface area contributed by atoms with Gasteiger partial charge in [0.15, 0.2) is 5.96 Å². The van der Waals surface area contributed by atoms with E-state index >= 15 is 0 Å². The Morgan fingerprint density at radius 3 is 2.65 bits per heavy atom. The fourth-order valence-corrected chi connectivity index (χ4v) is 4.51. The number of guanidine groups is 1. The predicted octanol–water partition coefficient (Wildman–Crippen LogP) is 2.22. The average molecular weight is 344 g/mol. The summed E-state index contributed by atoms with van der Waals surface area (Å²) in [7, 11) is 2.14. The van der Waals surface area contributed by atoms with Gasteiger partial charge in [-0.25, -0.2) is 0 Å². The van der Waals surface area contributed by atoms with Gasteiger partial charge in [0.1, 0.15) is 0 Å². The van der Waals surface area contributed by atoms with Crippen LogP contribution in [-0.4, -0.2) is 74.5 Å². The Hall–Kier alpha value is -0.460. The minimum atomic E-state index is 0.255. The lowest BCUT2D eigenvalue weighted by molar-refractivity contribution is 0.0793. The summed E-state index contributed by atoms with van der Waals surface area (Å²) in [5, 5.41) is 3.45. The molecule has 0 saturated carbocycles. The zero-order chi connectivity index (χ0) is 16.5. The Morgan fingerprint density at radius 1 is 1.26 bits per heavy atom. The zero-order valence-corrected chi connectivity index (χ0v) is 15.8. The molecule has 2 aliphatic rings. The van der Waals surface area contributed by atoms with Crippen molar-refractivity contribution in [3.05, 3.63) is 0 Å². The third-order valence-corrected chi connectivity index (χ3v) is 6.06. The van der Waals surface area contributed by atoms with E-state index in [0.29, 0.717) is 5.92 Å². The van der Waals surface area contributed by atoms with Crippen molar-refractivity contribution in [2.75, 3.05) is 58.9 Å². The molecule has 0 aliphatic carbocycles. The van der Waals surface area contributed by atoms with Crippen molar-refractivity contribution in [3.8, 4) is 0 Å². The molecular weight excluding hydrogens is 310 g/mol. The lowest BCUT2D eigenvalue weighted by Crippen LogP contribution is -2.43. The summed E-state index contributed by atoms with van der Waals surface area (Å²) in [6.45, 7) is 10.7. The van der Waals surface area contributed by atoms with Gasteiger partial charge >= 0.3 is 0 Å². The lowest BCUT2D eigenvalue weighted by Gasteiger charge is -2.35. The molecule has 0 aromatic heterocycles. The molecule has 2 rings (SSSR count). The van der Waals surface area contributed by atoms with E-state index in [1.54, 1.807) is 0 Å². The summed E-state index contributed by atoms with van der Waals surface area (Å²) in [5.41, 5.74) is 0. The molecular formula is C17H33N3O2S. The Balaban J connectivity index is 1.97. The van der Waals surface area contributed by atoms with Gasteiger partial charge in [-0.05, 0) is 31.9 Å². The number of hydrogen-bond donors (Lipinski definition) is 1. The molecule has 134 valence electrons. The lowest BCUT2D eigenvalue weighted by atomic mass is 9.99. The number of nitrogens with one attached hydrogen (secondary N) is 1. The molecule has 23 heavy (non-hydrogen) atoms. The Morgan fingerprint density at radius 2 is 2.04 bits per heavy atom. The SMILES string of the molecule is CCNC(=NCC1(SCC)CCOCC1)N(C)CC1CCOC1. The van der Waals surface area contributed by atoms with Crippen molar-refractivity contribution in [3.63, 3.8) is 0 Å². The van der Waals surface area contributed by atoms with E-state index in [1.807, 2.05) is 0 Å². The molecule has 0 radical (unpaired) electrons. The smallest absolute Gasteiger partial charge is 0.193 e. The maximum atomic E-state index is 5.56. The van der Waals surface area contributed by atoms with Gasteiger partial charge in [0.05, 0.1) is 13.2 Å². The first-order chi connectivity index (χ1) is 11.2. The van der Waals surface area contributed by atoms with Crippen LogP contribution in [0.4, 0.5) is 0 Å². The standard InChI is InChI=1S/C17H33N3O2S/c1-4-18-16(20(3)12-15-6-9-22-13-15)19-14-17(23-5-2)7-10-21-11-8-17/h15H,4-14H2,1-3H3,(H,18,19). The summed E-state index contributed by atoms with van der Waals surface area (Å²) in [5.74, 6) is 2.80. The van der Waals surface area contributed by atoms with Crippen LogP contribution in [0.2, 0.25) is 0 Å². The summed E-state index contributed by atoms with van der Waals surface area (Å²) >= 11 is 2.05. The maximum absolute atomic E-state index is 5.56. The Bertz CT molecular complexity index is 361. The summed E-state index contributed by atoms with van der Waals surface area (Å²) in [4.78, 5) is 7.25. The first-order valence-corrected chi connectivity index (χ1v) is 9.96. The normalized spacial score (nSPS) is 24.7. The third-order valence-electron chi connectivity index (χ3n) is 4.62. The van der Waals surface area contributed by atoms with Gasteiger partial charge in [0.2, 0.25) is 0 Å². The molecule has 2 saturated heterocycles. The van der Waals surface area contributed by atoms with E-state index < -0.39 is 0 Å². The van der Waals surface area contributed by atoms with Crippen molar-refractivity contribution < 1.29 is 9.47 Å². The molecule has 0 bridgehead atoms. The fourth-order valence-electron chi connectivity index (χ4n) is 3.29. The van der Waals surface area contributed by atoms with E-state index in [-0.39, 0.29) is 4.75 Å². The van der Waals surface area contributed by atoms with Crippen LogP contribution < -0.4 is 5.32 Å². The Kier molecular flexibility index (Phi) is 7.99. The number of thioether (sulfide) groups is 1. The minimum Gasteiger partial charge on any atom is -0.381 e. The van der Waals surface area contributed by atoms with Crippen LogP contribution in [0, 0.1) is 5.92 Å². The van der Waals surface area contributed by atoms with Crippen molar-refractivity contribution in [2.45, 2.75) is 37.9 Å². The van der Waals surface area contributed by atoms with Crippen LogP contribution in [-0.2, 0) is 9.47 Å².